The van der Waals surface area contributed by atoms with Crippen LogP contribution in [0.15, 0.2) is 34.2 Å². The normalized spacial score (nSPS) is 13.7. The Morgan fingerprint density at radius 3 is 2.17 bits per heavy atom. The third-order valence-electron chi connectivity index (χ3n) is 1.86. The van der Waals surface area contributed by atoms with Gasteiger partial charge >= 0.3 is 5.51 Å². The molecule has 18 heavy (non-hydrogen) atoms. The molecule has 0 aromatic heterocycles. The maximum Gasteiger partial charge on any atom is 0.501 e. The zero-order chi connectivity index (χ0) is 14.0. The van der Waals surface area contributed by atoms with E-state index in [1.54, 1.807) is 0 Å². The topological polar surface area (TPSA) is 72.5 Å². The van der Waals surface area contributed by atoms with Crippen molar-refractivity contribution in [2.45, 2.75) is 10.4 Å². The highest BCUT2D eigenvalue weighted by atomic mass is 35.5. The summed E-state index contributed by atoms with van der Waals surface area (Å²) < 4.78 is 58.8. The van der Waals surface area contributed by atoms with Crippen molar-refractivity contribution in [1.82, 2.24) is 0 Å². The third kappa shape index (κ3) is 3.14. The van der Waals surface area contributed by atoms with Crippen LogP contribution in [0.2, 0.25) is 0 Å². The van der Waals surface area contributed by atoms with Crippen LogP contribution < -0.4 is 5.73 Å². The van der Waals surface area contributed by atoms with Gasteiger partial charge in [0.2, 0.25) is 0 Å². The summed E-state index contributed by atoms with van der Waals surface area (Å²) in [6.45, 7) is 0. The van der Waals surface area contributed by atoms with Crippen molar-refractivity contribution < 1.29 is 21.6 Å². The number of alkyl halides is 4. The Morgan fingerprint density at radius 1 is 1.28 bits per heavy atom. The number of nitrogens with zero attached hydrogens (tertiary/aromatic N) is 1. The third-order valence-corrected chi connectivity index (χ3v) is 3.64. The minimum Gasteiger partial charge on any atom is -0.386 e. The summed E-state index contributed by atoms with van der Waals surface area (Å²) in [5, 5.41) is 0. The van der Waals surface area contributed by atoms with E-state index in [0.717, 1.165) is 24.3 Å². The lowest BCUT2D eigenvalue weighted by molar-refractivity contribution is -0.0436. The second-order valence-electron chi connectivity index (χ2n) is 3.18. The predicted octanol–water partition coefficient (Wildman–Crippen LogP) is 2.21. The van der Waals surface area contributed by atoms with Crippen LogP contribution in [0.5, 0.6) is 0 Å². The maximum atomic E-state index is 12.2. The second-order valence-corrected chi connectivity index (χ2v) is 5.39. The molecule has 0 spiro atoms. The first kappa shape index (κ1) is 14.8. The molecule has 0 amide bonds. The molecule has 0 heterocycles. The zero-order valence-corrected chi connectivity index (χ0v) is 10.4. The summed E-state index contributed by atoms with van der Waals surface area (Å²) in [7, 11) is -5.33. The summed E-state index contributed by atoms with van der Waals surface area (Å²) in [4.78, 5) is 2.90. The molecule has 0 saturated heterocycles. The summed E-state index contributed by atoms with van der Waals surface area (Å²) in [5.74, 6) is 0.0332. The molecule has 9 heteroatoms. The first-order chi connectivity index (χ1) is 8.18. The van der Waals surface area contributed by atoms with Crippen molar-refractivity contribution in [3.63, 3.8) is 0 Å². The van der Waals surface area contributed by atoms with Crippen molar-refractivity contribution in [2.24, 2.45) is 10.7 Å². The highest BCUT2D eigenvalue weighted by Crippen LogP contribution is 2.30. The van der Waals surface area contributed by atoms with Crippen molar-refractivity contribution in [3.8, 4) is 0 Å². The largest absolute Gasteiger partial charge is 0.501 e. The van der Waals surface area contributed by atoms with Gasteiger partial charge in [0, 0.05) is 0 Å². The van der Waals surface area contributed by atoms with E-state index in [0.29, 0.717) is 0 Å². The van der Waals surface area contributed by atoms with Crippen LogP contribution >= 0.6 is 11.6 Å². The fraction of sp³-hybridized carbons (Fsp3) is 0.222. The lowest BCUT2D eigenvalue weighted by Gasteiger charge is -2.07. The average molecular weight is 301 g/mol. The van der Waals surface area contributed by atoms with Crippen molar-refractivity contribution >= 4 is 33.0 Å². The summed E-state index contributed by atoms with van der Waals surface area (Å²) in [6, 6.07) is 3.84. The Kier molecular flexibility index (Phi) is 4.23. The molecule has 0 radical (unpaired) electrons. The van der Waals surface area contributed by atoms with Crippen LogP contribution in [-0.2, 0) is 9.84 Å². The molecular formula is C9H8ClF3N2O2S. The molecule has 0 atom stereocenters. The highest BCUT2D eigenvalue weighted by molar-refractivity contribution is 7.92. The standard InChI is InChI=1S/C9H8ClF3N2O2S/c10-5-8(14)15-6-1-3-7(4-2-6)18(16,17)9(11,12)13/h1-4H,5H2,(H2,14,15). The van der Waals surface area contributed by atoms with Gasteiger partial charge in [-0.3, -0.25) is 0 Å². The number of hydrogen-bond donors (Lipinski definition) is 1. The summed E-state index contributed by atoms with van der Waals surface area (Å²) in [5.41, 5.74) is 0.208. The number of amidine groups is 1. The lowest BCUT2D eigenvalue weighted by atomic mass is 10.3. The van der Waals surface area contributed by atoms with E-state index in [1.807, 2.05) is 0 Å². The Hall–Kier alpha value is -1.28. The number of nitrogens with two attached hydrogens (primary N) is 1. The van der Waals surface area contributed by atoms with E-state index in [1.165, 1.54) is 0 Å². The van der Waals surface area contributed by atoms with Crippen molar-refractivity contribution in [1.29, 1.82) is 0 Å². The molecule has 0 aliphatic rings. The Morgan fingerprint density at radius 2 is 1.78 bits per heavy atom. The molecular weight excluding hydrogens is 293 g/mol. The molecule has 0 fully saturated rings. The molecule has 1 aromatic rings. The second kappa shape index (κ2) is 5.15. The fourth-order valence-corrected chi connectivity index (χ4v) is 1.85. The number of sulfone groups is 1. The Bertz CT molecular complexity index is 552. The molecule has 0 bridgehead atoms. The minimum absolute atomic E-state index is 0.0391. The van der Waals surface area contributed by atoms with Gasteiger partial charge in [0.05, 0.1) is 16.5 Å². The molecule has 1 aromatic carbocycles. The van der Waals surface area contributed by atoms with Crippen LogP contribution in [0.1, 0.15) is 0 Å². The monoisotopic (exact) mass is 300 g/mol. The van der Waals surface area contributed by atoms with Gasteiger partial charge in [-0.2, -0.15) is 13.2 Å². The zero-order valence-electron chi connectivity index (χ0n) is 8.78. The number of benzene rings is 1. The van der Waals surface area contributed by atoms with Gasteiger partial charge in [0.25, 0.3) is 9.84 Å². The van der Waals surface area contributed by atoms with Crippen LogP contribution in [0, 0.1) is 0 Å². The molecule has 1 rings (SSSR count). The van der Waals surface area contributed by atoms with Crippen LogP contribution in [0.25, 0.3) is 0 Å². The molecule has 2 N–H and O–H groups in total. The van der Waals surface area contributed by atoms with E-state index in [-0.39, 0.29) is 17.4 Å². The SMILES string of the molecule is NC(CCl)=Nc1ccc(S(=O)(=O)C(F)(F)F)cc1. The first-order valence-electron chi connectivity index (χ1n) is 4.49. The Balaban J connectivity index is 3.12. The summed E-state index contributed by atoms with van der Waals surface area (Å²) in [6.07, 6.45) is 0. The van der Waals surface area contributed by atoms with Crippen LogP contribution in [0.3, 0.4) is 0 Å². The number of aliphatic imine (C=N–C) groups is 1. The minimum atomic E-state index is -5.33. The quantitative estimate of drug-likeness (QED) is 0.528. The van der Waals surface area contributed by atoms with E-state index in [2.05, 4.69) is 4.99 Å². The van der Waals surface area contributed by atoms with Gasteiger partial charge in [0.15, 0.2) is 0 Å². The van der Waals surface area contributed by atoms with E-state index >= 15 is 0 Å². The van der Waals surface area contributed by atoms with E-state index in [4.69, 9.17) is 17.3 Å². The van der Waals surface area contributed by atoms with Gasteiger partial charge in [-0.05, 0) is 24.3 Å². The maximum absolute atomic E-state index is 12.2. The van der Waals surface area contributed by atoms with Crippen LogP contribution in [-0.4, -0.2) is 25.6 Å². The summed E-state index contributed by atoms with van der Waals surface area (Å²) >= 11 is 5.37. The molecule has 0 saturated carbocycles. The predicted molar refractivity (Wildman–Crippen MR) is 61.7 cm³/mol. The van der Waals surface area contributed by atoms with Gasteiger partial charge in [-0.15, -0.1) is 11.6 Å². The van der Waals surface area contributed by atoms with Gasteiger partial charge in [-0.1, -0.05) is 0 Å². The van der Waals surface area contributed by atoms with Gasteiger partial charge in [-0.25, -0.2) is 13.4 Å². The Labute approximate surface area is 106 Å². The highest BCUT2D eigenvalue weighted by Gasteiger charge is 2.46. The van der Waals surface area contributed by atoms with E-state index < -0.39 is 20.2 Å². The van der Waals surface area contributed by atoms with Gasteiger partial charge < -0.3 is 5.73 Å². The number of rotatable bonds is 3. The van der Waals surface area contributed by atoms with E-state index in [9.17, 15) is 21.6 Å². The average Bonchev–Trinajstić information content (AvgIpc) is 2.28. The molecule has 0 unspecified atom stereocenters. The number of hydrogen-bond acceptors (Lipinski definition) is 3. The van der Waals surface area contributed by atoms with Crippen molar-refractivity contribution in [3.05, 3.63) is 24.3 Å². The van der Waals surface area contributed by atoms with Crippen molar-refractivity contribution in [2.75, 3.05) is 5.88 Å². The smallest absolute Gasteiger partial charge is 0.386 e. The van der Waals surface area contributed by atoms with Crippen LogP contribution in [0.4, 0.5) is 18.9 Å². The lowest BCUT2D eigenvalue weighted by Crippen LogP contribution is -2.23. The molecule has 4 nitrogen and oxygen atoms in total. The number of halogens is 4. The first-order valence-corrected chi connectivity index (χ1v) is 6.50. The molecule has 100 valence electrons. The fourth-order valence-electron chi connectivity index (χ4n) is 1.03. The molecule has 0 aliphatic carbocycles. The van der Waals surface area contributed by atoms with Gasteiger partial charge in [0.1, 0.15) is 5.84 Å². The molecule has 0 aliphatic heterocycles.